The molecule has 3 nitrogen and oxygen atoms in total. The molecular formula is C8H6BrNO2S. The van der Waals surface area contributed by atoms with E-state index in [2.05, 4.69) is 20.9 Å². The molecule has 1 aromatic heterocycles. The second kappa shape index (κ2) is 3.25. The molecule has 0 fully saturated rings. The number of aromatic amines is 1. The van der Waals surface area contributed by atoms with Crippen molar-refractivity contribution in [1.82, 2.24) is 4.98 Å². The number of nitrogens with one attached hydrogen (secondary N) is 1. The number of halogens is 1. The zero-order valence-electron chi connectivity index (χ0n) is 6.45. The van der Waals surface area contributed by atoms with E-state index >= 15 is 0 Å². The van der Waals surface area contributed by atoms with Crippen LogP contribution in [0.1, 0.15) is 0 Å². The topological polar surface area (TPSA) is 53.1 Å². The summed E-state index contributed by atoms with van der Waals surface area (Å²) in [7, 11) is 0. The summed E-state index contributed by atoms with van der Waals surface area (Å²) >= 11 is 1.39. The largest absolute Gasteiger partial charge is 0.360 e. The summed E-state index contributed by atoms with van der Waals surface area (Å²) in [5.41, 5.74) is 0.853. The molecule has 2 N–H and O–H groups in total. The van der Waals surface area contributed by atoms with Gasteiger partial charge in [-0.05, 0) is 12.1 Å². The molecule has 0 saturated carbocycles. The number of benzene rings is 1. The first kappa shape index (κ1) is 8.93. The SMILES string of the molecule is O=S(O)c1c[nH]c2cc(Br)ccc12. The Balaban J connectivity index is 2.76. The van der Waals surface area contributed by atoms with Gasteiger partial charge in [-0.1, -0.05) is 22.0 Å². The van der Waals surface area contributed by atoms with Gasteiger partial charge in [0.2, 0.25) is 0 Å². The highest BCUT2D eigenvalue weighted by atomic mass is 79.9. The third-order valence-electron chi connectivity index (χ3n) is 1.79. The fraction of sp³-hybridized carbons (Fsp3) is 0. The molecule has 2 aromatic rings. The van der Waals surface area contributed by atoms with Gasteiger partial charge in [0.1, 0.15) is 0 Å². The number of aromatic nitrogens is 1. The summed E-state index contributed by atoms with van der Waals surface area (Å²) in [4.78, 5) is 3.35. The quantitative estimate of drug-likeness (QED) is 0.774. The van der Waals surface area contributed by atoms with Crippen LogP contribution in [0.25, 0.3) is 10.9 Å². The normalized spacial score (nSPS) is 13.4. The van der Waals surface area contributed by atoms with Crippen LogP contribution < -0.4 is 0 Å². The van der Waals surface area contributed by atoms with Crippen molar-refractivity contribution in [3.8, 4) is 0 Å². The molecule has 0 spiro atoms. The van der Waals surface area contributed by atoms with E-state index in [1.165, 1.54) is 0 Å². The smallest absolute Gasteiger partial charge is 0.188 e. The van der Waals surface area contributed by atoms with Gasteiger partial charge in [0.15, 0.2) is 11.1 Å². The first-order valence-electron chi connectivity index (χ1n) is 3.56. The summed E-state index contributed by atoms with van der Waals surface area (Å²) in [5, 5.41) is 0.782. The standard InChI is InChI=1S/C8H6BrNO2S/c9-5-1-2-6-7(3-5)10-4-8(6)13(11)12/h1-4,10H,(H,11,12). The Bertz CT molecular complexity index is 480. The summed E-state index contributed by atoms with van der Waals surface area (Å²) < 4.78 is 20.7. The van der Waals surface area contributed by atoms with E-state index in [0.717, 1.165) is 15.4 Å². The molecule has 1 heterocycles. The van der Waals surface area contributed by atoms with Gasteiger partial charge in [0.25, 0.3) is 0 Å². The molecule has 2 rings (SSSR count). The van der Waals surface area contributed by atoms with Crippen molar-refractivity contribution in [1.29, 1.82) is 0 Å². The molecule has 1 unspecified atom stereocenters. The Kier molecular flexibility index (Phi) is 2.23. The van der Waals surface area contributed by atoms with Crippen molar-refractivity contribution >= 4 is 37.9 Å². The van der Waals surface area contributed by atoms with Crippen LogP contribution in [0.2, 0.25) is 0 Å². The maximum absolute atomic E-state index is 10.8. The van der Waals surface area contributed by atoms with Gasteiger partial charge in [0.05, 0.1) is 4.90 Å². The van der Waals surface area contributed by atoms with E-state index in [4.69, 9.17) is 4.55 Å². The number of hydrogen-bond acceptors (Lipinski definition) is 1. The molecule has 0 aliphatic heterocycles. The predicted octanol–water partition coefficient (Wildman–Crippen LogP) is 2.51. The van der Waals surface area contributed by atoms with Crippen molar-refractivity contribution in [3.05, 3.63) is 28.9 Å². The van der Waals surface area contributed by atoms with E-state index in [-0.39, 0.29) is 0 Å². The second-order valence-electron chi connectivity index (χ2n) is 2.59. The van der Waals surface area contributed by atoms with Crippen LogP contribution in [-0.4, -0.2) is 13.7 Å². The van der Waals surface area contributed by atoms with E-state index in [0.29, 0.717) is 4.90 Å². The molecule has 68 valence electrons. The number of rotatable bonds is 1. The highest BCUT2D eigenvalue weighted by Crippen LogP contribution is 2.23. The van der Waals surface area contributed by atoms with Crippen molar-refractivity contribution < 1.29 is 8.76 Å². The van der Waals surface area contributed by atoms with Gasteiger partial charge in [-0.2, -0.15) is 0 Å². The molecule has 0 aliphatic rings. The Morgan fingerprint density at radius 1 is 1.46 bits per heavy atom. The van der Waals surface area contributed by atoms with Crippen LogP contribution in [-0.2, 0) is 11.1 Å². The fourth-order valence-electron chi connectivity index (χ4n) is 1.22. The molecule has 5 heteroatoms. The molecule has 1 aromatic carbocycles. The van der Waals surface area contributed by atoms with Gasteiger partial charge in [-0.15, -0.1) is 0 Å². The molecule has 13 heavy (non-hydrogen) atoms. The van der Waals surface area contributed by atoms with Crippen LogP contribution in [0.4, 0.5) is 0 Å². The van der Waals surface area contributed by atoms with Crippen molar-refractivity contribution in [2.45, 2.75) is 4.90 Å². The Morgan fingerprint density at radius 3 is 2.92 bits per heavy atom. The minimum Gasteiger partial charge on any atom is -0.360 e. The summed E-state index contributed by atoms with van der Waals surface area (Å²) in [6, 6.07) is 5.51. The second-order valence-corrected chi connectivity index (χ2v) is 4.45. The van der Waals surface area contributed by atoms with Gasteiger partial charge in [0, 0.05) is 21.6 Å². The average Bonchev–Trinajstić information content (AvgIpc) is 2.46. The highest BCUT2D eigenvalue weighted by molar-refractivity contribution is 9.10. The molecule has 0 aliphatic carbocycles. The maximum Gasteiger partial charge on any atom is 0.188 e. The van der Waals surface area contributed by atoms with Crippen LogP contribution in [0.15, 0.2) is 33.8 Å². The third-order valence-corrected chi connectivity index (χ3v) is 3.00. The Labute approximate surface area is 85.6 Å². The van der Waals surface area contributed by atoms with Crippen molar-refractivity contribution in [2.24, 2.45) is 0 Å². The Morgan fingerprint density at radius 2 is 2.23 bits per heavy atom. The van der Waals surface area contributed by atoms with E-state index < -0.39 is 11.1 Å². The molecular weight excluding hydrogens is 254 g/mol. The first-order chi connectivity index (χ1) is 6.18. The Hall–Kier alpha value is -0.650. The summed E-state index contributed by atoms with van der Waals surface area (Å²) in [6.07, 6.45) is 1.55. The number of fused-ring (bicyclic) bond motifs is 1. The van der Waals surface area contributed by atoms with Gasteiger partial charge in [-0.25, -0.2) is 4.21 Å². The molecule has 0 saturated heterocycles. The van der Waals surface area contributed by atoms with Gasteiger partial charge in [-0.3, -0.25) is 0 Å². The molecule has 0 bridgehead atoms. The lowest BCUT2D eigenvalue weighted by Crippen LogP contribution is -1.84. The fourth-order valence-corrected chi connectivity index (χ4v) is 2.10. The van der Waals surface area contributed by atoms with Crippen LogP contribution in [0.3, 0.4) is 0 Å². The van der Waals surface area contributed by atoms with Crippen molar-refractivity contribution in [3.63, 3.8) is 0 Å². The zero-order chi connectivity index (χ0) is 9.42. The van der Waals surface area contributed by atoms with Gasteiger partial charge < -0.3 is 9.54 Å². The summed E-state index contributed by atoms with van der Waals surface area (Å²) in [5.74, 6) is 0. The summed E-state index contributed by atoms with van der Waals surface area (Å²) in [6.45, 7) is 0. The number of H-pyrrole nitrogens is 1. The minimum atomic E-state index is -1.93. The lowest BCUT2D eigenvalue weighted by molar-refractivity contribution is 0.565. The van der Waals surface area contributed by atoms with E-state index in [1.807, 2.05) is 12.1 Å². The number of hydrogen-bond donors (Lipinski definition) is 2. The lowest BCUT2D eigenvalue weighted by atomic mass is 10.2. The minimum absolute atomic E-state index is 0.419. The highest BCUT2D eigenvalue weighted by Gasteiger charge is 2.07. The van der Waals surface area contributed by atoms with E-state index in [9.17, 15) is 4.21 Å². The van der Waals surface area contributed by atoms with Crippen LogP contribution >= 0.6 is 15.9 Å². The van der Waals surface area contributed by atoms with Gasteiger partial charge >= 0.3 is 0 Å². The molecule has 0 amide bonds. The average molecular weight is 260 g/mol. The lowest BCUT2D eigenvalue weighted by Gasteiger charge is -1.93. The van der Waals surface area contributed by atoms with E-state index in [1.54, 1.807) is 12.3 Å². The van der Waals surface area contributed by atoms with Crippen LogP contribution in [0, 0.1) is 0 Å². The zero-order valence-corrected chi connectivity index (χ0v) is 8.85. The van der Waals surface area contributed by atoms with Crippen molar-refractivity contribution in [2.75, 3.05) is 0 Å². The molecule has 1 atom stereocenters. The predicted molar refractivity (Wildman–Crippen MR) is 55.0 cm³/mol. The monoisotopic (exact) mass is 259 g/mol. The molecule has 0 radical (unpaired) electrons. The first-order valence-corrected chi connectivity index (χ1v) is 5.46. The third kappa shape index (κ3) is 1.54. The van der Waals surface area contributed by atoms with Crippen LogP contribution in [0.5, 0.6) is 0 Å². The maximum atomic E-state index is 10.8.